The molecule has 164 valence electrons. The summed E-state index contributed by atoms with van der Waals surface area (Å²) in [6.45, 7) is 5.59. The molecule has 1 amide bonds. The Morgan fingerprint density at radius 2 is 1.78 bits per heavy atom. The molecule has 0 radical (unpaired) electrons. The van der Waals surface area contributed by atoms with Crippen molar-refractivity contribution in [1.29, 1.82) is 0 Å². The molecule has 9 nitrogen and oxygen atoms in total. The lowest BCUT2D eigenvalue weighted by Crippen LogP contribution is -2.17. The third-order valence-corrected chi connectivity index (χ3v) is 6.29. The predicted octanol–water partition coefficient (Wildman–Crippen LogP) is 3.03. The molecule has 2 N–H and O–H groups in total. The van der Waals surface area contributed by atoms with Crippen molar-refractivity contribution in [3.8, 4) is 0 Å². The molecule has 3 heterocycles. The molecule has 0 saturated heterocycles. The molecular weight excluding hydrogens is 428 g/mol. The van der Waals surface area contributed by atoms with E-state index < -0.39 is 10.0 Å². The molecule has 0 aliphatic rings. The Morgan fingerprint density at radius 1 is 1.03 bits per heavy atom. The van der Waals surface area contributed by atoms with Crippen molar-refractivity contribution in [2.24, 2.45) is 0 Å². The molecule has 0 saturated carbocycles. The first-order valence-corrected chi connectivity index (χ1v) is 11.4. The highest BCUT2D eigenvalue weighted by atomic mass is 32.2. The van der Waals surface area contributed by atoms with E-state index in [-0.39, 0.29) is 23.2 Å². The number of nitrogens with one attached hydrogen (secondary N) is 2. The zero-order valence-electron chi connectivity index (χ0n) is 17.8. The van der Waals surface area contributed by atoms with Gasteiger partial charge in [-0.2, -0.15) is 0 Å². The van der Waals surface area contributed by atoms with Gasteiger partial charge in [-0.05, 0) is 62.7 Å². The molecule has 0 spiro atoms. The van der Waals surface area contributed by atoms with Crippen LogP contribution < -0.4 is 10.0 Å². The number of fused-ring (bicyclic) bond motifs is 1. The highest BCUT2D eigenvalue weighted by Crippen LogP contribution is 2.19. The summed E-state index contributed by atoms with van der Waals surface area (Å²) in [5, 5.41) is 2.80. The van der Waals surface area contributed by atoms with Crippen molar-refractivity contribution in [2.45, 2.75) is 32.1 Å². The first kappa shape index (κ1) is 21.4. The summed E-state index contributed by atoms with van der Waals surface area (Å²) in [7, 11) is -3.85. The molecule has 4 aromatic rings. The Morgan fingerprint density at radius 3 is 2.50 bits per heavy atom. The third-order valence-electron chi connectivity index (χ3n) is 4.94. The lowest BCUT2D eigenvalue weighted by atomic mass is 10.2. The SMILES string of the molecule is Cc1ccnc(NS(=O)(=O)c2ccc(NC(=O)Cc3c(C)nc4c(C)cccn34)cc2)n1. The van der Waals surface area contributed by atoms with Crippen molar-refractivity contribution in [1.82, 2.24) is 19.4 Å². The number of aryl methyl sites for hydroxylation is 3. The van der Waals surface area contributed by atoms with E-state index in [2.05, 4.69) is 25.0 Å². The second kappa shape index (κ2) is 8.39. The second-order valence-electron chi connectivity index (χ2n) is 7.41. The number of amides is 1. The highest BCUT2D eigenvalue weighted by Gasteiger charge is 2.17. The minimum absolute atomic E-state index is 0.000944. The molecule has 0 atom stereocenters. The highest BCUT2D eigenvalue weighted by molar-refractivity contribution is 7.92. The van der Waals surface area contributed by atoms with Crippen LogP contribution in [-0.2, 0) is 21.2 Å². The van der Waals surface area contributed by atoms with E-state index in [0.29, 0.717) is 11.4 Å². The number of carbonyl (C=O) groups is 1. The fourth-order valence-corrected chi connectivity index (χ4v) is 4.28. The monoisotopic (exact) mass is 450 g/mol. The summed E-state index contributed by atoms with van der Waals surface area (Å²) in [4.78, 5) is 25.2. The van der Waals surface area contributed by atoms with Crippen LogP contribution in [0.15, 0.2) is 59.8 Å². The summed E-state index contributed by atoms with van der Waals surface area (Å²) in [6, 6.07) is 11.5. The average molecular weight is 451 g/mol. The second-order valence-corrected chi connectivity index (χ2v) is 9.09. The number of benzene rings is 1. The minimum atomic E-state index is -3.85. The fourth-order valence-electron chi connectivity index (χ4n) is 3.33. The molecule has 0 aliphatic carbocycles. The number of anilines is 2. The number of hydrogen-bond donors (Lipinski definition) is 2. The van der Waals surface area contributed by atoms with Gasteiger partial charge in [0.2, 0.25) is 11.9 Å². The number of sulfonamides is 1. The molecular formula is C22H22N6O3S. The lowest BCUT2D eigenvalue weighted by Gasteiger charge is -2.09. The number of imidazole rings is 1. The molecule has 4 rings (SSSR count). The van der Waals surface area contributed by atoms with E-state index in [0.717, 1.165) is 22.6 Å². The third kappa shape index (κ3) is 4.45. The summed E-state index contributed by atoms with van der Waals surface area (Å²) in [5.41, 5.74) is 4.59. The van der Waals surface area contributed by atoms with Crippen LogP contribution >= 0.6 is 0 Å². The van der Waals surface area contributed by atoms with E-state index in [1.807, 2.05) is 36.6 Å². The van der Waals surface area contributed by atoms with Gasteiger partial charge in [-0.15, -0.1) is 0 Å². The van der Waals surface area contributed by atoms with Crippen LogP contribution in [0.3, 0.4) is 0 Å². The molecule has 0 bridgehead atoms. The van der Waals surface area contributed by atoms with E-state index >= 15 is 0 Å². The number of pyridine rings is 1. The van der Waals surface area contributed by atoms with E-state index in [1.165, 1.54) is 30.5 Å². The van der Waals surface area contributed by atoms with Gasteiger partial charge in [0, 0.05) is 23.8 Å². The number of aromatic nitrogens is 4. The minimum Gasteiger partial charge on any atom is -0.326 e. The largest absolute Gasteiger partial charge is 0.326 e. The van der Waals surface area contributed by atoms with Crippen LogP contribution in [0.25, 0.3) is 5.65 Å². The van der Waals surface area contributed by atoms with Crippen LogP contribution in [-0.4, -0.2) is 33.7 Å². The van der Waals surface area contributed by atoms with E-state index in [1.54, 1.807) is 13.0 Å². The Kier molecular flexibility index (Phi) is 5.62. The van der Waals surface area contributed by atoms with Gasteiger partial charge in [0.1, 0.15) is 5.65 Å². The predicted molar refractivity (Wildman–Crippen MR) is 121 cm³/mol. The maximum Gasteiger partial charge on any atom is 0.264 e. The molecule has 10 heteroatoms. The van der Waals surface area contributed by atoms with Crippen molar-refractivity contribution >= 4 is 33.2 Å². The zero-order valence-corrected chi connectivity index (χ0v) is 18.6. The van der Waals surface area contributed by atoms with Gasteiger partial charge in [-0.3, -0.25) is 4.79 Å². The van der Waals surface area contributed by atoms with Crippen molar-refractivity contribution in [3.05, 3.63) is 77.5 Å². The molecule has 0 aliphatic heterocycles. The quantitative estimate of drug-likeness (QED) is 0.466. The Hall–Kier alpha value is -3.79. The summed E-state index contributed by atoms with van der Waals surface area (Å²) in [5.74, 6) is -0.223. The number of nitrogens with zero attached hydrogens (tertiary/aromatic N) is 4. The summed E-state index contributed by atoms with van der Waals surface area (Å²) >= 11 is 0. The van der Waals surface area contributed by atoms with E-state index in [9.17, 15) is 13.2 Å². The Labute approximate surface area is 185 Å². The van der Waals surface area contributed by atoms with Crippen LogP contribution in [0.1, 0.15) is 22.6 Å². The molecule has 0 fully saturated rings. The van der Waals surface area contributed by atoms with Crippen LogP contribution in [0.4, 0.5) is 11.6 Å². The van der Waals surface area contributed by atoms with Crippen molar-refractivity contribution < 1.29 is 13.2 Å². The normalized spacial score (nSPS) is 11.5. The van der Waals surface area contributed by atoms with Gasteiger partial charge >= 0.3 is 0 Å². The maximum absolute atomic E-state index is 12.6. The smallest absolute Gasteiger partial charge is 0.264 e. The van der Waals surface area contributed by atoms with Gasteiger partial charge in [-0.1, -0.05) is 6.07 Å². The summed E-state index contributed by atoms with van der Waals surface area (Å²) in [6.07, 6.45) is 3.50. The van der Waals surface area contributed by atoms with Crippen molar-refractivity contribution in [2.75, 3.05) is 10.0 Å². The molecule has 32 heavy (non-hydrogen) atoms. The molecule has 1 aromatic carbocycles. The van der Waals surface area contributed by atoms with Gasteiger partial charge < -0.3 is 9.72 Å². The van der Waals surface area contributed by atoms with Crippen LogP contribution in [0, 0.1) is 20.8 Å². The van der Waals surface area contributed by atoms with Gasteiger partial charge in [0.05, 0.1) is 22.7 Å². The fraction of sp³-hybridized carbons (Fsp3) is 0.182. The van der Waals surface area contributed by atoms with Gasteiger partial charge in [0.15, 0.2) is 0 Å². The molecule has 0 unspecified atom stereocenters. The van der Waals surface area contributed by atoms with E-state index in [4.69, 9.17) is 0 Å². The first-order chi connectivity index (χ1) is 15.2. The standard InChI is InChI=1S/C22H22N6O3S/c1-14-5-4-12-28-19(16(3)25-21(14)28)13-20(29)26-17-6-8-18(9-7-17)32(30,31)27-22-23-11-10-15(2)24-22/h4-12H,13H2,1-3H3,(H,26,29)(H,23,24,27). The van der Waals surface area contributed by atoms with Crippen LogP contribution in [0.2, 0.25) is 0 Å². The maximum atomic E-state index is 12.6. The van der Waals surface area contributed by atoms with Gasteiger partial charge in [0.25, 0.3) is 10.0 Å². The topological polar surface area (TPSA) is 118 Å². The van der Waals surface area contributed by atoms with Crippen molar-refractivity contribution in [3.63, 3.8) is 0 Å². The average Bonchev–Trinajstić information content (AvgIpc) is 3.05. The van der Waals surface area contributed by atoms with Gasteiger partial charge in [-0.25, -0.2) is 28.1 Å². The Bertz CT molecular complexity index is 1410. The number of rotatable bonds is 6. The number of hydrogen-bond acceptors (Lipinski definition) is 6. The number of carbonyl (C=O) groups excluding carboxylic acids is 1. The molecule has 3 aromatic heterocycles. The lowest BCUT2D eigenvalue weighted by molar-refractivity contribution is -0.115. The Balaban J connectivity index is 1.46. The first-order valence-electron chi connectivity index (χ1n) is 9.88. The van der Waals surface area contributed by atoms with Crippen LogP contribution in [0.5, 0.6) is 0 Å². The zero-order chi connectivity index (χ0) is 22.9. The summed E-state index contributed by atoms with van der Waals surface area (Å²) < 4.78 is 29.4.